The van der Waals surface area contributed by atoms with Gasteiger partial charge in [-0.3, -0.25) is 0 Å². The quantitative estimate of drug-likeness (QED) is 0.172. The number of hydrogen-bond acceptors (Lipinski definition) is 1. The third kappa shape index (κ3) is 4.60. The Bertz CT molecular complexity index is 3480. The summed E-state index contributed by atoms with van der Waals surface area (Å²) in [7, 11) is 0. The van der Waals surface area contributed by atoms with E-state index in [1.807, 2.05) is 11.3 Å². The molecule has 0 aliphatic rings. The SMILES string of the molecule is c1ccc(-n2c3ccc(-c4ccc5c(c4)sc4ccccc45)cc3c3cc(-c4ccc5c(c4)c4ccccc4n5-c4cccc5ccccc45)ccc32)cc1. The zero-order chi connectivity index (χ0) is 36.0. The fourth-order valence-corrected chi connectivity index (χ4v) is 10.1. The summed E-state index contributed by atoms with van der Waals surface area (Å²) in [6, 6.07) is 71.5. The van der Waals surface area contributed by atoms with Crippen molar-refractivity contribution in [2.24, 2.45) is 0 Å². The first-order valence-corrected chi connectivity index (χ1v) is 19.7. The molecule has 12 rings (SSSR count). The molecule has 0 bridgehead atoms. The van der Waals surface area contributed by atoms with E-state index >= 15 is 0 Å². The van der Waals surface area contributed by atoms with E-state index < -0.39 is 0 Å². The first kappa shape index (κ1) is 30.5. The van der Waals surface area contributed by atoms with Crippen molar-refractivity contribution in [2.45, 2.75) is 0 Å². The molecule has 0 fully saturated rings. The van der Waals surface area contributed by atoms with Crippen LogP contribution in [0.2, 0.25) is 0 Å². The molecule has 0 radical (unpaired) electrons. The molecule has 0 amide bonds. The average Bonchev–Trinajstić information content (AvgIpc) is 3.90. The molecule has 12 aromatic rings. The van der Waals surface area contributed by atoms with Crippen molar-refractivity contribution in [3.8, 4) is 33.6 Å². The maximum absolute atomic E-state index is 2.44. The zero-order valence-electron chi connectivity index (χ0n) is 29.8. The lowest BCUT2D eigenvalue weighted by atomic mass is 9.99. The largest absolute Gasteiger partial charge is 0.309 e. The molecular weight excluding hydrogens is 685 g/mol. The molecule has 3 aromatic heterocycles. The highest BCUT2D eigenvalue weighted by atomic mass is 32.1. The fraction of sp³-hybridized carbons (Fsp3) is 0. The van der Waals surface area contributed by atoms with Gasteiger partial charge in [0.1, 0.15) is 0 Å². The van der Waals surface area contributed by atoms with E-state index in [2.05, 4.69) is 203 Å². The summed E-state index contributed by atoms with van der Waals surface area (Å²) in [4.78, 5) is 0. The van der Waals surface area contributed by atoms with Gasteiger partial charge in [-0.1, -0.05) is 121 Å². The topological polar surface area (TPSA) is 9.86 Å². The molecule has 3 heterocycles. The van der Waals surface area contributed by atoms with Crippen LogP contribution in [0.15, 0.2) is 194 Å². The van der Waals surface area contributed by atoms with Crippen molar-refractivity contribution < 1.29 is 0 Å². The monoisotopic (exact) mass is 716 g/mol. The van der Waals surface area contributed by atoms with Crippen LogP contribution in [0.3, 0.4) is 0 Å². The van der Waals surface area contributed by atoms with Crippen LogP contribution in [0.1, 0.15) is 0 Å². The molecule has 0 spiro atoms. The Morgan fingerprint density at radius 3 is 1.55 bits per heavy atom. The van der Waals surface area contributed by atoms with E-state index in [1.165, 1.54) is 102 Å². The molecule has 0 aliphatic carbocycles. The van der Waals surface area contributed by atoms with Gasteiger partial charge in [0.25, 0.3) is 0 Å². The maximum Gasteiger partial charge on any atom is 0.0541 e. The van der Waals surface area contributed by atoms with Crippen LogP contribution in [0.5, 0.6) is 0 Å². The zero-order valence-corrected chi connectivity index (χ0v) is 30.6. The Kier molecular flexibility index (Phi) is 6.54. The van der Waals surface area contributed by atoms with E-state index in [0.717, 1.165) is 5.69 Å². The molecule has 0 unspecified atom stereocenters. The van der Waals surface area contributed by atoms with E-state index in [-0.39, 0.29) is 0 Å². The molecular formula is C52H32N2S. The molecule has 256 valence electrons. The van der Waals surface area contributed by atoms with Crippen molar-refractivity contribution in [3.63, 3.8) is 0 Å². The number of benzene rings is 9. The van der Waals surface area contributed by atoms with Crippen molar-refractivity contribution >= 4 is 85.9 Å². The summed E-state index contributed by atoms with van der Waals surface area (Å²) in [5.74, 6) is 0. The van der Waals surface area contributed by atoms with Crippen LogP contribution >= 0.6 is 11.3 Å². The van der Waals surface area contributed by atoms with Gasteiger partial charge in [-0.15, -0.1) is 11.3 Å². The van der Waals surface area contributed by atoms with Crippen LogP contribution < -0.4 is 0 Å². The van der Waals surface area contributed by atoms with E-state index in [1.54, 1.807) is 0 Å². The van der Waals surface area contributed by atoms with Gasteiger partial charge in [0.15, 0.2) is 0 Å². The summed E-state index contributed by atoms with van der Waals surface area (Å²) in [5.41, 5.74) is 12.1. The second kappa shape index (κ2) is 11.8. The van der Waals surface area contributed by atoms with Crippen molar-refractivity contribution in [1.82, 2.24) is 9.13 Å². The molecule has 0 saturated heterocycles. The molecule has 0 aliphatic heterocycles. The van der Waals surface area contributed by atoms with E-state index in [0.29, 0.717) is 0 Å². The summed E-state index contributed by atoms with van der Waals surface area (Å²) in [6.45, 7) is 0. The standard InChI is InChI=1S/C52H32N2S/c1-2-13-38(14-3-1)53-48-26-22-35(30-44(48)45-31-36(23-27-49(45)53)37-21-25-42-41-17-7-9-20-51(41)55-52(42)32-37)34-24-28-50-43(29-34)40-16-6-8-18-47(40)54(50)46-19-10-12-33-11-4-5-15-39(33)46/h1-32H. The molecule has 0 N–H and O–H groups in total. The normalized spacial score (nSPS) is 12.0. The van der Waals surface area contributed by atoms with Crippen LogP contribution in [-0.2, 0) is 0 Å². The van der Waals surface area contributed by atoms with Gasteiger partial charge < -0.3 is 9.13 Å². The van der Waals surface area contributed by atoms with Gasteiger partial charge in [-0.05, 0) is 100 Å². The first-order chi connectivity index (χ1) is 27.3. The Hall–Kier alpha value is -6.94. The summed E-state index contributed by atoms with van der Waals surface area (Å²) in [5, 5.41) is 10.2. The lowest BCUT2D eigenvalue weighted by Crippen LogP contribution is -1.95. The molecule has 55 heavy (non-hydrogen) atoms. The number of thiophene rings is 1. The lowest BCUT2D eigenvalue weighted by molar-refractivity contribution is 1.18. The molecule has 0 atom stereocenters. The van der Waals surface area contributed by atoms with Crippen molar-refractivity contribution in [3.05, 3.63) is 194 Å². The number of hydrogen-bond donors (Lipinski definition) is 0. The van der Waals surface area contributed by atoms with E-state index in [9.17, 15) is 0 Å². The first-order valence-electron chi connectivity index (χ1n) is 18.8. The van der Waals surface area contributed by atoms with E-state index in [4.69, 9.17) is 0 Å². The maximum atomic E-state index is 2.44. The highest BCUT2D eigenvalue weighted by Gasteiger charge is 2.18. The molecule has 9 aromatic carbocycles. The highest BCUT2D eigenvalue weighted by Crippen LogP contribution is 2.41. The number of aromatic nitrogens is 2. The second-order valence-corrected chi connectivity index (χ2v) is 15.6. The van der Waals surface area contributed by atoms with Crippen molar-refractivity contribution in [2.75, 3.05) is 0 Å². The van der Waals surface area contributed by atoms with Gasteiger partial charge in [-0.25, -0.2) is 0 Å². The number of para-hydroxylation sites is 2. The number of rotatable bonds is 4. The summed E-state index contributed by atoms with van der Waals surface area (Å²) < 4.78 is 7.50. The van der Waals surface area contributed by atoms with Crippen LogP contribution in [-0.4, -0.2) is 9.13 Å². The molecule has 2 nitrogen and oxygen atoms in total. The van der Waals surface area contributed by atoms with Crippen molar-refractivity contribution in [1.29, 1.82) is 0 Å². The Balaban J connectivity index is 1.06. The van der Waals surface area contributed by atoms with Gasteiger partial charge in [-0.2, -0.15) is 0 Å². The Morgan fingerprint density at radius 2 is 0.800 bits per heavy atom. The molecule has 3 heteroatoms. The van der Waals surface area contributed by atoms with Gasteiger partial charge in [0.2, 0.25) is 0 Å². The lowest BCUT2D eigenvalue weighted by Gasteiger charge is -2.12. The Morgan fingerprint density at radius 1 is 0.291 bits per heavy atom. The van der Waals surface area contributed by atoms with Gasteiger partial charge >= 0.3 is 0 Å². The predicted octanol–water partition coefficient (Wildman–Crippen LogP) is 14.7. The van der Waals surface area contributed by atoms with Gasteiger partial charge in [0.05, 0.1) is 27.8 Å². The summed E-state index contributed by atoms with van der Waals surface area (Å²) >= 11 is 1.87. The summed E-state index contributed by atoms with van der Waals surface area (Å²) in [6.07, 6.45) is 0. The van der Waals surface area contributed by atoms with Crippen LogP contribution in [0, 0.1) is 0 Å². The number of fused-ring (bicyclic) bond motifs is 10. The minimum Gasteiger partial charge on any atom is -0.309 e. The average molecular weight is 717 g/mol. The Labute approximate surface area is 321 Å². The smallest absolute Gasteiger partial charge is 0.0541 e. The number of nitrogens with zero attached hydrogens (tertiary/aromatic N) is 2. The van der Waals surface area contributed by atoms with Gasteiger partial charge in [0, 0.05) is 52.8 Å². The minimum atomic E-state index is 1.16. The third-order valence-corrected chi connectivity index (χ3v) is 12.6. The molecule has 0 saturated carbocycles. The minimum absolute atomic E-state index is 1.16. The highest BCUT2D eigenvalue weighted by molar-refractivity contribution is 7.25. The second-order valence-electron chi connectivity index (χ2n) is 14.5. The third-order valence-electron chi connectivity index (χ3n) is 11.5. The fourth-order valence-electron chi connectivity index (χ4n) is 8.96. The van der Waals surface area contributed by atoms with Crippen LogP contribution in [0.25, 0.3) is 108 Å². The van der Waals surface area contributed by atoms with Crippen LogP contribution in [0.4, 0.5) is 0 Å². The predicted molar refractivity (Wildman–Crippen MR) is 236 cm³/mol.